The Labute approximate surface area is 134 Å². The molecule has 2 fully saturated rings. The first kappa shape index (κ1) is 18.2. The van der Waals surface area contributed by atoms with Gasteiger partial charge in [-0.25, -0.2) is 0 Å². The van der Waals surface area contributed by atoms with E-state index in [1.54, 1.807) is 0 Å². The number of halogens is 3. The number of amides is 2. The first-order valence-corrected chi connectivity index (χ1v) is 8.19. The fourth-order valence-electron chi connectivity index (χ4n) is 4.19. The molecule has 7 heteroatoms. The van der Waals surface area contributed by atoms with Gasteiger partial charge < -0.3 is 4.90 Å². The van der Waals surface area contributed by atoms with Gasteiger partial charge in [-0.15, -0.1) is 0 Å². The number of piperidine rings is 1. The van der Waals surface area contributed by atoms with Crippen LogP contribution in [0.2, 0.25) is 0 Å². The first-order chi connectivity index (χ1) is 10.6. The van der Waals surface area contributed by atoms with E-state index >= 15 is 0 Å². The minimum Gasteiger partial charge on any atom is -0.309 e. The fourth-order valence-corrected chi connectivity index (χ4v) is 4.19. The van der Waals surface area contributed by atoms with Gasteiger partial charge in [0.05, 0.1) is 5.92 Å². The summed E-state index contributed by atoms with van der Waals surface area (Å²) in [5, 5.41) is 2.32. The van der Waals surface area contributed by atoms with Gasteiger partial charge in [0.1, 0.15) is 0 Å². The summed E-state index contributed by atoms with van der Waals surface area (Å²) in [7, 11) is 3.83. The summed E-state index contributed by atoms with van der Waals surface area (Å²) >= 11 is 0. The number of carbonyl (C=O) groups is 2. The van der Waals surface area contributed by atoms with Crippen molar-refractivity contribution in [1.29, 1.82) is 0 Å². The lowest BCUT2D eigenvalue weighted by Crippen LogP contribution is -2.54. The van der Waals surface area contributed by atoms with Crippen molar-refractivity contribution in [3.05, 3.63) is 0 Å². The minimum atomic E-state index is -4.25. The second kappa shape index (κ2) is 6.79. The molecule has 132 valence electrons. The van der Waals surface area contributed by atoms with Crippen LogP contribution in [0.4, 0.5) is 13.2 Å². The molecule has 1 aliphatic heterocycles. The Hall–Kier alpha value is -1.11. The lowest BCUT2D eigenvalue weighted by atomic mass is 9.58. The number of carbonyl (C=O) groups excluding carboxylic acids is 2. The third kappa shape index (κ3) is 4.25. The number of nitrogens with zero attached hydrogens (tertiary/aromatic N) is 1. The lowest BCUT2D eigenvalue weighted by Gasteiger charge is -2.48. The quantitative estimate of drug-likeness (QED) is 0.804. The van der Waals surface area contributed by atoms with Gasteiger partial charge >= 0.3 is 6.18 Å². The number of hydrogen-bond donors (Lipinski definition) is 1. The van der Waals surface area contributed by atoms with Crippen LogP contribution < -0.4 is 5.32 Å². The van der Waals surface area contributed by atoms with Crippen LogP contribution in [0.15, 0.2) is 0 Å². The molecule has 2 aliphatic rings. The van der Waals surface area contributed by atoms with E-state index in [0.717, 1.165) is 13.0 Å². The molecule has 3 unspecified atom stereocenters. The van der Waals surface area contributed by atoms with Crippen molar-refractivity contribution in [2.75, 3.05) is 20.6 Å². The van der Waals surface area contributed by atoms with Crippen LogP contribution >= 0.6 is 0 Å². The predicted octanol–water partition coefficient (Wildman–Crippen LogP) is 2.73. The van der Waals surface area contributed by atoms with Crippen molar-refractivity contribution in [2.45, 2.75) is 51.1 Å². The molecule has 0 aromatic heterocycles. The van der Waals surface area contributed by atoms with Crippen molar-refractivity contribution < 1.29 is 22.8 Å². The number of nitrogens with one attached hydrogen (secondary N) is 1. The standard InChI is InChI=1S/C16H25F3N2O2/c1-21(2)8-4-6-12-14(23)20-13(22)10-15(12)7-3-5-11(9-15)16(17,18)19/h11-12H,3-10H2,1-2H3,(H,20,22,23). The highest BCUT2D eigenvalue weighted by Gasteiger charge is 2.54. The van der Waals surface area contributed by atoms with E-state index in [1.165, 1.54) is 0 Å². The lowest BCUT2D eigenvalue weighted by molar-refractivity contribution is -0.199. The Morgan fingerprint density at radius 3 is 2.61 bits per heavy atom. The van der Waals surface area contributed by atoms with Crippen molar-refractivity contribution in [3.8, 4) is 0 Å². The molecule has 2 rings (SSSR count). The molecule has 2 amide bonds. The third-order valence-electron chi connectivity index (χ3n) is 5.27. The molecule has 1 saturated carbocycles. The Morgan fingerprint density at radius 1 is 1.30 bits per heavy atom. The average molecular weight is 334 g/mol. The first-order valence-electron chi connectivity index (χ1n) is 8.19. The Kier molecular flexibility index (Phi) is 5.38. The summed E-state index contributed by atoms with van der Waals surface area (Å²) in [6, 6.07) is 0. The molecule has 3 atom stereocenters. The molecular formula is C16H25F3N2O2. The summed E-state index contributed by atoms with van der Waals surface area (Å²) in [6.45, 7) is 0.774. The van der Waals surface area contributed by atoms with Crippen LogP contribution in [-0.2, 0) is 9.59 Å². The summed E-state index contributed by atoms with van der Waals surface area (Å²) < 4.78 is 39.5. The number of imide groups is 1. The zero-order valence-electron chi connectivity index (χ0n) is 13.7. The van der Waals surface area contributed by atoms with Gasteiger partial charge in [0.25, 0.3) is 0 Å². The van der Waals surface area contributed by atoms with Gasteiger partial charge in [-0.05, 0) is 58.2 Å². The smallest absolute Gasteiger partial charge is 0.309 e. The van der Waals surface area contributed by atoms with E-state index in [0.29, 0.717) is 19.3 Å². The monoisotopic (exact) mass is 334 g/mol. The van der Waals surface area contributed by atoms with E-state index < -0.39 is 29.3 Å². The largest absolute Gasteiger partial charge is 0.391 e. The van der Waals surface area contributed by atoms with Crippen LogP contribution in [0.3, 0.4) is 0 Å². The SMILES string of the molecule is CN(C)CCCC1C(=O)NC(=O)CC12CCCC(C(F)(F)F)C2. The second-order valence-electron chi connectivity index (χ2n) is 7.28. The highest BCUT2D eigenvalue weighted by Crippen LogP contribution is 2.53. The van der Waals surface area contributed by atoms with Gasteiger partial charge in [-0.2, -0.15) is 13.2 Å². The van der Waals surface area contributed by atoms with Gasteiger partial charge in [0.15, 0.2) is 0 Å². The Balaban J connectivity index is 2.18. The van der Waals surface area contributed by atoms with Crippen LogP contribution in [0.25, 0.3) is 0 Å². The normalized spacial score (nSPS) is 32.4. The van der Waals surface area contributed by atoms with Crippen LogP contribution in [-0.4, -0.2) is 43.5 Å². The summed E-state index contributed by atoms with van der Waals surface area (Å²) in [6.07, 6.45) is -1.98. The highest BCUT2D eigenvalue weighted by atomic mass is 19.4. The molecular weight excluding hydrogens is 309 g/mol. The number of rotatable bonds is 4. The molecule has 0 aromatic rings. The van der Waals surface area contributed by atoms with Crippen molar-refractivity contribution >= 4 is 11.8 Å². The maximum absolute atomic E-state index is 13.2. The fraction of sp³-hybridized carbons (Fsp3) is 0.875. The predicted molar refractivity (Wildman–Crippen MR) is 79.5 cm³/mol. The van der Waals surface area contributed by atoms with Gasteiger partial charge in [-0.3, -0.25) is 14.9 Å². The maximum Gasteiger partial charge on any atom is 0.391 e. The molecule has 0 radical (unpaired) electrons. The highest BCUT2D eigenvalue weighted by molar-refractivity contribution is 5.99. The second-order valence-corrected chi connectivity index (χ2v) is 7.28. The van der Waals surface area contributed by atoms with Gasteiger partial charge in [-0.1, -0.05) is 6.42 Å². The molecule has 1 aliphatic carbocycles. The molecule has 0 aromatic carbocycles. The summed E-state index contributed by atoms with van der Waals surface area (Å²) in [5.41, 5.74) is -0.815. The summed E-state index contributed by atoms with van der Waals surface area (Å²) in [5.74, 6) is -2.71. The van der Waals surface area contributed by atoms with Crippen molar-refractivity contribution in [2.24, 2.45) is 17.3 Å². The molecule has 1 N–H and O–H groups in total. The molecule has 1 heterocycles. The van der Waals surface area contributed by atoms with E-state index in [1.807, 2.05) is 19.0 Å². The van der Waals surface area contributed by atoms with E-state index in [-0.39, 0.29) is 25.2 Å². The number of alkyl halides is 3. The molecule has 0 bridgehead atoms. The van der Waals surface area contributed by atoms with E-state index in [4.69, 9.17) is 0 Å². The van der Waals surface area contributed by atoms with Gasteiger partial charge in [0, 0.05) is 12.3 Å². The topological polar surface area (TPSA) is 49.4 Å². The molecule has 1 saturated heterocycles. The van der Waals surface area contributed by atoms with E-state index in [9.17, 15) is 22.8 Å². The zero-order valence-corrected chi connectivity index (χ0v) is 13.7. The van der Waals surface area contributed by atoms with Crippen LogP contribution in [0, 0.1) is 17.3 Å². The van der Waals surface area contributed by atoms with Crippen LogP contribution in [0.5, 0.6) is 0 Å². The molecule has 1 spiro atoms. The summed E-state index contributed by atoms with van der Waals surface area (Å²) in [4.78, 5) is 26.1. The van der Waals surface area contributed by atoms with Gasteiger partial charge in [0.2, 0.25) is 11.8 Å². The zero-order chi connectivity index (χ0) is 17.3. The molecule has 23 heavy (non-hydrogen) atoms. The van der Waals surface area contributed by atoms with E-state index in [2.05, 4.69) is 5.32 Å². The Morgan fingerprint density at radius 2 is 2.00 bits per heavy atom. The third-order valence-corrected chi connectivity index (χ3v) is 5.27. The average Bonchev–Trinajstić information content (AvgIpc) is 2.40. The minimum absolute atomic E-state index is 0.0396. The Bertz CT molecular complexity index is 465. The molecule has 4 nitrogen and oxygen atoms in total. The number of hydrogen-bond acceptors (Lipinski definition) is 3. The van der Waals surface area contributed by atoms with Crippen molar-refractivity contribution in [3.63, 3.8) is 0 Å². The maximum atomic E-state index is 13.2. The van der Waals surface area contributed by atoms with Crippen LogP contribution in [0.1, 0.15) is 44.9 Å². The van der Waals surface area contributed by atoms with Crippen molar-refractivity contribution in [1.82, 2.24) is 10.2 Å².